The average molecular weight is 371 g/mol. The van der Waals surface area contributed by atoms with E-state index in [4.69, 9.17) is 0 Å². The summed E-state index contributed by atoms with van der Waals surface area (Å²) in [4.78, 5) is 36.3. The molecule has 0 saturated heterocycles. The first-order valence-electron chi connectivity index (χ1n) is 8.45. The third-order valence-electron chi connectivity index (χ3n) is 4.29. The first-order valence-corrected chi connectivity index (χ1v) is 9.33. The van der Waals surface area contributed by atoms with Gasteiger partial charge in [0.25, 0.3) is 0 Å². The number of rotatable bonds is 6. The van der Waals surface area contributed by atoms with E-state index in [9.17, 15) is 14.4 Å². The third-order valence-corrected chi connectivity index (χ3v) is 5.27. The Morgan fingerprint density at radius 1 is 1.27 bits per heavy atom. The van der Waals surface area contributed by atoms with Gasteiger partial charge < -0.3 is 16.0 Å². The molecule has 1 aliphatic heterocycles. The van der Waals surface area contributed by atoms with Gasteiger partial charge in [0.2, 0.25) is 17.7 Å². The summed E-state index contributed by atoms with van der Waals surface area (Å²) in [6, 6.07) is 9.00. The molecule has 1 aromatic heterocycles. The van der Waals surface area contributed by atoms with E-state index in [1.807, 2.05) is 42.6 Å². The zero-order valence-corrected chi connectivity index (χ0v) is 15.5. The summed E-state index contributed by atoms with van der Waals surface area (Å²) >= 11 is 1.51. The predicted molar refractivity (Wildman–Crippen MR) is 101 cm³/mol. The molecule has 0 spiro atoms. The Balaban J connectivity index is 1.64. The zero-order valence-electron chi connectivity index (χ0n) is 14.7. The second-order valence-corrected chi connectivity index (χ2v) is 7.38. The molecule has 0 bridgehead atoms. The molecule has 1 aliphatic rings. The minimum absolute atomic E-state index is 0.0112. The van der Waals surface area contributed by atoms with E-state index in [1.165, 1.54) is 18.3 Å². The summed E-state index contributed by atoms with van der Waals surface area (Å²) in [5.74, 6) is -0.317. The highest BCUT2D eigenvalue weighted by Gasteiger charge is 2.21. The predicted octanol–water partition coefficient (Wildman–Crippen LogP) is 2.69. The molecule has 3 amide bonds. The lowest BCUT2D eigenvalue weighted by Crippen LogP contribution is -2.33. The maximum absolute atomic E-state index is 12.5. The Morgan fingerprint density at radius 2 is 2.08 bits per heavy atom. The van der Waals surface area contributed by atoms with Crippen LogP contribution in [0.1, 0.15) is 48.4 Å². The van der Waals surface area contributed by atoms with E-state index in [1.54, 1.807) is 0 Å². The van der Waals surface area contributed by atoms with Crippen LogP contribution in [0, 0.1) is 0 Å². The van der Waals surface area contributed by atoms with Crippen molar-refractivity contribution in [3.63, 3.8) is 0 Å². The van der Waals surface area contributed by atoms with Crippen molar-refractivity contribution in [3.05, 3.63) is 51.7 Å². The largest absolute Gasteiger partial charge is 0.350 e. The van der Waals surface area contributed by atoms with E-state index in [0.29, 0.717) is 6.42 Å². The summed E-state index contributed by atoms with van der Waals surface area (Å²) in [6.07, 6.45) is 0.544. The third kappa shape index (κ3) is 4.29. The molecule has 26 heavy (non-hydrogen) atoms. The number of hydrogen-bond donors (Lipinski definition) is 3. The fourth-order valence-corrected chi connectivity index (χ4v) is 3.82. The molecule has 0 aliphatic carbocycles. The van der Waals surface area contributed by atoms with Crippen LogP contribution in [0.5, 0.6) is 0 Å². The summed E-state index contributed by atoms with van der Waals surface area (Å²) in [6.45, 7) is 3.35. The van der Waals surface area contributed by atoms with Gasteiger partial charge in [0.15, 0.2) is 0 Å². The molecule has 2 aromatic rings. The number of hydrogen-bond acceptors (Lipinski definition) is 4. The second kappa shape index (κ2) is 7.70. The van der Waals surface area contributed by atoms with Crippen molar-refractivity contribution in [1.82, 2.24) is 10.6 Å². The van der Waals surface area contributed by atoms with Gasteiger partial charge in [0.1, 0.15) is 0 Å². The molecule has 3 rings (SSSR count). The number of amides is 3. The highest BCUT2D eigenvalue weighted by atomic mass is 32.1. The Kier molecular flexibility index (Phi) is 5.37. The monoisotopic (exact) mass is 371 g/mol. The number of anilines is 1. The van der Waals surface area contributed by atoms with Gasteiger partial charge >= 0.3 is 0 Å². The SMILES string of the molecule is CC(=O)N[C@@H](CC(=O)N[C@H](C)c1ccc2c(c1)CC(=O)N2)c1cccs1. The van der Waals surface area contributed by atoms with Crippen LogP contribution >= 0.6 is 11.3 Å². The number of carbonyl (C=O) groups excluding carboxylic acids is 3. The van der Waals surface area contributed by atoms with Crippen LogP contribution in [0.25, 0.3) is 0 Å². The lowest BCUT2D eigenvalue weighted by Gasteiger charge is -2.19. The molecule has 0 fully saturated rings. The molecule has 0 saturated carbocycles. The number of carbonyl (C=O) groups is 3. The first-order chi connectivity index (χ1) is 12.4. The van der Waals surface area contributed by atoms with E-state index in [2.05, 4.69) is 16.0 Å². The maximum Gasteiger partial charge on any atom is 0.228 e. The van der Waals surface area contributed by atoms with Crippen LogP contribution in [0.15, 0.2) is 35.7 Å². The first kappa shape index (κ1) is 18.1. The Hall–Kier alpha value is -2.67. The highest BCUT2D eigenvalue weighted by molar-refractivity contribution is 7.10. The lowest BCUT2D eigenvalue weighted by atomic mass is 10.0. The van der Waals surface area contributed by atoms with E-state index in [0.717, 1.165) is 21.7 Å². The molecular weight excluding hydrogens is 350 g/mol. The van der Waals surface area contributed by atoms with Gasteiger partial charge in [0.05, 0.1) is 24.9 Å². The molecule has 2 heterocycles. The van der Waals surface area contributed by atoms with Crippen LogP contribution in [0.4, 0.5) is 5.69 Å². The van der Waals surface area contributed by atoms with Crippen molar-refractivity contribution < 1.29 is 14.4 Å². The summed E-state index contributed by atoms with van der Waals surface area (Å²) in [5, 5.41) is 10.5. The summed E-state index contributed by atoms with van der Waals surface area (Å²) in [5.41, 5.74) is 2.73. The summed E-state index contributed by atoms with van der Waals surface area (Å²) in [7, 11) is 0. The molecule has 2 atom stereocenters. The number of fused-ring (bicyclic) bond motifs is 1. The van der Waals surface area contributed by atoms with Crippen molar-refractivity contribution >= 4 is 34.7 Å². The minimum atomic E-state index is -0.332. The van der Waals surface area contributed by atoms with Gasteiger partial charge in [-0.25, -0.2) is 0 Å². The standard InChI is InChI=1S/C19H21N3O3S/c1-11(13-5-6-15-14(8-13)9-18(24)22-15)20-19(25)10-16(21-12(2)23)17-4-3-7-26-17/h3-8,11,16H,9-10H2,1-2H3,(H,20,25)(H,21,23)(H,22,24)/t11-,16+/m1/s1. The van der Waals surface area contributed by atoms with Gasteiger partial charge in [-0.05, 0) is 35.6 Å². The Labute approximate surface area is 156 Å². The van der Waals surface area contributed by atoms with Crippen LogP contribution < -0.4 is 16.0 Å². The van der Waals surface area contributed by atoms with Crippen molar-refractivity contribution in [2.45, 2.75) is 38.8 Å². The van der Waals surface area contributed by atoms with E-state index in [-0.39, 0.29) is 36.2 Å². The molecule has 0 radical (unpaired) electrons. The quantitative estimate of drug-likeness (QED) is 0.730. The van der Waals surface area contributed by atoms with Crippen molar-refractivity contribution in [2.75, 3.05) is 5.32 Å². The molecule has 136 valence electrons. The average Bonchev–Trinajstić information content (AvgIpc) is 3.21. The van der Waals surface area contributed by atoms with Crippen molar-refractivity contribution in [3.8, 4) is 0 Å². The topological polar surface area (TPSA) is 87.3 Å². The fourth-order valence-electron chi connectivity index (χ4n) is 3.05. The van der Waals surface area contributed by atoms with Gasteiger partial charge in [-0.2, -0.15) is 0 Å². The van der Waals surface area contributed by atoms with Crippen molar-refractivity contribution in [2.24, 2.45) is 0 Å². The smallest absolute Gasteiger partial charge is 0.228 e. The highest BCUT2D eigenvalue weighted by Crippen LogP contribution is 2.27. The van der Waals surface area contributed by atoms with E-state index < -0.39 is 0 Å². The van der Waals surface area contributed by atoms with Crippen LogP contribution in [-0.2, 0) is 20.8 Å². The molecule has 3 N–H and O–H groups in total. The zero-order chi connectivity index (χ0) is 18.7. The Bertz CT molecular complexity index is 833. The van der Waals surface area contributed by atoms with E-state index >= 15 is 0 Å². The molecule has 1 aromatic carbocycles. The summed E-state index contributed by atoms with van der Waals surface area (Å²) < 4.78 is 0. The normalized spacial score (nSPS) is 14.9. The molecule has 0 unspecified atom stereocenters. The van der Waals surface area contributed by atoms with Crippen LogP contribution in [0.3, 0.4) is 0 Å². The number of nitrogens with one attached hydrogen (secondary N) is 3. The molecule has 7 heteroatoms. The van der Waals surface area contributed by atoms with Gasteiger partial charge in [-0.1, -0.05) is 18.2 Å². The lowest BCUT2D eigenvalue weighted by molar-refractivity contribution is -0.123. The molecular formula is C19H21N3O3S. The second-order valence-electron chi connectivity index (χ2n) is 6.40. The van der Waals surface area contributed by atoms with Crippen LogP contribution in [0.2, 0.25) is 0 Å². The minimum Gasteiger partial charge on any atom is -0.350 e. The fraction of sp³-hybridized carbons (Fsp3) is 0.316. The van der Waals surface area contributed by atoms with Gasteiger partial charge in [-0.15, -0.1) is 11.3 Å². The number of thiophene rings is 1. The van der Waals surface area contributed by atoms with Crippen LogP contribution in [-0.4, -0.2) is 17.7 Å². The maximum atomic E-state index is 12.5. The Morgan fingerprint density at radius 3 is 2.77 bits per heavy atom. The number of benzene rings is 1. The van der Waals surface area contributed by atoms with Crippen molar-refractivity contribution in [1.29, 1.82) is 0 Å². The van der Waals surface area contributed by atoms with Gasteiger partial charge in [0, 0.05) is 17.5 Å². The molecule has 6 nitrogen and oxygen atoms in total. The van der Waals surface area contributed by atoms with Gasteiger partial charge in [-0.3, -0.25) is 14.4 Å².